The third kappa shape index (κ3) is 3.86. The zero-order chi connectivity index (χ0) is 13.0. The van der Waals surface area contributed by atoms with Crippen LogP contribution >= 0.6 is 0 Å². The number of nitrogens with one attached hydrogen (secondary N) is 1. The van der Waals surface area contributed by atoms with E-state index in [1.54, 1.807) is 6.92 Å². The molecule has 0 spiro atoms. The van der Waals surface area contributed by atoms with Crippen LogP contribution in [0.1, 0.15) is 26.2 Å². The van der Waals surface area contributed by atoms with Gasteiger partial charge in [0.1, 0.15) is 5.71 Å². The summed E-state index contributed by atoms with van der Waals surface area (Å²) in [6.45, 7) is 1.60. The predicted molar refractivity (Wildman–Crippen MR) is 59.3 cm³/mol. The summed E-state index contributed by atoms with van der Waals surface area (Å²) in [7, 11) is 1.48. The molecular formula is C10H15N3O4. The van der Waals surface area contributed by atoms with Crippen molar-refractivity contribution in [3.8, 4) is 0 Å². The fourth-order valence-corrected chi connectivity index (χ4v) is 1.45. The first-order valence-electron chi connectivity index (χ1n) is 5.27. The molecule has 0 saturated carbocycles. The van der Waals surface area contributed by atoms with Crippen LogP contribution in [0.15, 0.2) is 5.10 Å². The number of carboxylic acids is 1. The van der Waals surface area contributed by atoms with Gasteiger partial charge in [0.25, 0.3) is 5.91 Å². The van der Waals surface area contributed by atoms with Crippen molar-refractivity contribution in [2.24, 2.45) is 5.10 Å². The van der Waals surface area contributed by atoms with E-state index in [0.717, 1.165) is 5.01 Å². The lowest BCUT2D eigenvalue weighted by Crippen LogP contribution is -2.41. The zero-order valence-electron chi connectivity index (χ0n) is 9.77. The van der Waals surface area contributed by atoms with E-state index in [-0.39, 0.29) is 30.9 Å². The Kier molecular flexibility index (Phi) is 4.19. The molecule has 0 bridgehead atoms. The summed E-state index contributed by atoms with van der Waals surface area (Å²) < 4.78 is 0. The van der Waals surface area contributed by atoms with E-state index in [9.17, 15) is 14.4 Å². The van der Waals surface area contributed by atoms with Gasteiger partial charge in [-0.15, -0.1) is 0 Å². The third-order valence-electron chi connectivity index (χ3n) is 2.33. The first-order valence-corrected chi connectivity index (χ1v) is 5.27. The first-order chi connectivity index (χ1) is 7.90. The van der Waals surface area contributed by atoms with E-state index in [0.29, 0.717) is 0 Å². The van der Waals surface area contributed by atoms with Gasteiger partial charge in [0.05, 0.1) is 6.42 Å². The zero-order valence-corrected chi connectivity index (χ0v) is 9.77. The van der Waals surface area contributed by atoms with Crippen molar-refractivity contribution in [3.63, 3.8) is 0 Å². The number of nitrogens with zero attached hydrogens (tertiary/aromatic N) is 2. The molecule has 0 saturated heterocycles. The van der Waals surface area contributed by atoms with Crippen molar-refractivity contribution in [3.05, 3.63) is 0 Å². The van der Waals surface area contributed by atoms with Gasteiger partial charge in [-0.3, -0.25) is 14.4 Å². The first kappa shape index (κ1) is 13.1. The highest BCUT2D eigenvalue weighted by Crippen LogP contribution is 2.07. The maximum Gasteiger partial charge on any atom is 0.305 e. The maximum atomic E-state index is 11.7. The Morgan fingerprint density at radius 1 is 1.53 bits per heavy atom. The van der Waals surface area contributed by atoms with Crippen LogP contribution in [0.25, 0.3) is 0 Å². The molecule has 17 heavy (non-hydrogen) atoms. The molecule has 0 radical (unpaired) electrons. The van der Waals surface area contributed by atoms with Crippen LogP contribution in [-0.4, -0.2) is 46.7 Å². The molecule has 0 aromatic rings. The number of carboxylic acid groups (broad SMARTS) is 1. The fourth-order valence-electron chi connectivity index (χ4n) is 1.45. The summed E-state index contributed by atoms with van der Waals surface area (Å²) in [5.41, 5.74) is 0.254. The minimum atomic E-state index is -0.976. The summed E-state index contributed by atoms with van der Waals surface area (Å²) in [5, 5.41) is 16.0. The van der Waals surface area contributed by atoms with Crippen molar-refractivity contribution < 1.29 is 19.5 Å². The summed E-state index contributed by atoms with van der Waals surface area (Å²) in [4.78, 5) is 33.2. The Morgan fingerprint density at radius 3 is 2.71 bits per heavy atom. The second-order valence-electron chi connectivity index (χ2n) is 3.94. The highest BCUT2D eigenvalue weighted by molar-refractivity contribution is 6.39. The minimum absolute atomic E-state index is 0.139. The van der Waals surface area contributed by atoms with Crippen LogP contribution in [0, 0.1) is 0 Å². The van der Waals surface area contributed by atoms with Crippen molar-refractivity contribution >= 4 is 23.5 Å². The molecule has 1 aliphatic heterocycles. The number of hydrazone groups is 1. The van der Waals surface area contributed by atoms with E-state index in [2.05, 4.69) is 10.4 Å². The molecule has 94 valence electrons. The van der Waals surface area contributed by atoms with Crippen molar-refractivity contribution in [1.29, 1.82) is 0 Å². The SMILES string of the molecule is CC(CC(=O)O)NC(=O)C1=NN(C)C(=O)CC1. The molecule has 0 fully saturated rings. The van der Waals surface area contributed by atoms with Crippen LogP contribution in [-0.2, 0) is 14.4 Å². The number of aliphatic carboxylic acids is 1. The topological polar surface area (TPSA) is 99.1 Å². The summed E-state index contributed by atoms with van der Waals surface area (Å²) in [6.07, 6.45) is 0.388. The summed E-state index contributed by atoms with van der Waals surface area (Å²) in [6, 6.07) is -0.467. The third-order valence-corrected chi connectivity index (χ3v) is 2.33. The standard InChI is InChI=1S/C10H15N3O4/c1-6(5-9(15)16)11-10(17)7-3-4-8(14)13(2)12-7/h6H,3-5H2,1-2H3,(H,11,17)(H,15,16). The van der Waals surface area contributed by atoms with Gasteiger partial charge in [0.15, 0.2) is 0 Å². The second-order valence-corrected chi connectivity index (χ2v) is 3.94. The molecular weight excluding hydrogens is 226 g/mol. The van der Waals surface area contributed by atoms with Gasteiger partial charge in [-0.1, -0.05) is 0 Å². The fraction of sp³-hybridized carbons (Fsp3) is 0.600. The van der Waals surface area contributed by atoms with Crippen LogP contribution in [0.4, 0.5) is 0 Å². The Bertz CT molecular complexity index is 378. The Morgan fingerprint density at radius 2 is 2.18 bits per heavy atom. The van der Waals surface area contributed by atoms with Gasteiger partial charge in [-0.05, 0) is 6.92 Å². The molecule has 0 aromatic heterocycles. The second kappa shape index (κ2) is 5.42. The van der Waals surface area contributed by atoms with Crippen molar-refractivity contribution in [2.45, 2.75) is 32.2 Å². The molecule has 1 unspecified atom stereocenters. The highest BCUT2D eigenvalue weighted by atomic mass is 16.4. The van der Waals surface area contributed by atoms with Gasteiger partial charge in [0.2, 0.25) is 5.91 Å². The number of hydrogen-bond donors (Lipinski definition) is 2. The maximum absolute atomic E-state index is 11.7. The average molecular weight is 241 g/mol. The van der Waals surface area contributed by atoms with E-state index < -0.39 is 17.9 Å². The van der Waals surface area contributed by atoms with Gasteiger partial charge in [0, 0.05) is 25.9 Å². The lowest BCUT2D eigenvalue weighted by Gasteiger charge is -2.20. The van der Waals surface area contributed by atoms with E-state index in [4.69, 9.17) is 5.11 Å². The summed E-state index contributed by atoms with van der Waals surface area (Å²) in [5.74, 6) is -1.53. The van der Waals surface area contributed by atoms with E-state index in [1.807, 2.05) is 0 Å². The Balaban J connectivity index is 2.56. The Hall–Kier alpha value is -1.92. The van der Waals surface area contributed by atoms with Crippen molar-refractivity contribution in [1.82, 2.24) is 10.3 Å². The van der Waals surface area contributed by atoms with Crippen LogP contribution in [0.2, 0.25) is 0 Å². The van der Waals surface area contributed by atoms with Gasteiger partial charge in [-0.2, -0.15) is 5.10 Å². The van der Waals surface area contributed by atoms with Gasteiger partial charge >= 0.3 is 5.97 Å². The quantitative estimate of drug-likeness (QED) is 0.697. The number of carbonyl (C=O) groups is 3. The molecule has 2 N–H and O–H groups in total. The molecule has 0 aliphatic carbocycles. The van der Waals surface area contributed by atoms with Gasteiger partial charge < -0.3 is 10.4 Å². The largest absolute Gasteiger partial charge is 0.481 e. The molecule has 7 heteroatoms. The van der Waals surface area contributed by atoms with Crippen LogP contribution in [0.3, 0.4) is 0 Å². The number of amides is 2. The number of carbonyl (C=O) groups excluding carboxylic acids is 2. The van der Waals surface area contributed by atoms with E-state index >= 15 is 0 Å². The van der Waals surface area contributed by atoms with Crippen LogP contribution < -0.4 is 5.32 Å². The van der Waals surface area contributed by atoms with Crippen LogP contribution in [0.5, 0.6) is 0 Å². The molecule has 2 amide bonds. The van der Waals surface area contributed by atoms with E-state index in [1.165, 1.54) is 7.05 Å². The molecule has 1 rings (SSSR count). The van der Waals surface area contributed by atoms with Crippen molar-refractivity contribution in [2.75, 3.05) is 7.05 Å². The Labute approximate surface area is 98.5 Å². The number of rotatable bonds is 4. The molecule has 7 nitrogen and oxygen atoms in total. The molecule has 1 heterocycles. The predicted octanol–water partition coefficient (Wildman–Crippen LogP) is -0.426. The summed E-state index contributed by atoms with van der Waals surface area (Å²) >= 11 is 0. The lowest BCUT2D eigenvalue weighted by molar-refractivity contribution is -0.137. The highest BCUT2D eigenvalue weighted by Gasteiger charge is 2.23. The molecule has 1 aliphatic rings. The minimum Gasteiger partial charge on any atom is -0.481 e. The average Bonchev–Trinajstić information content (AvgIpc) is 2.20. The smallest absolute Gasteiger partial charge is 0.305 e. The molecule has 0 aromatic carbocycles. The molecule has 1 atom stereocenters. The number of hydrogen-bond acceptors (Lipinski definition) is 4. The van der Waals surface area contributed by atoms with Gasteiger partial charge in [-0.25, -0.2) is 5.01 Å². The normalized spacial score (nSPS) is 17.4. The lowest BCUT2D eigenvalue weighted by atomic mass is 10.1. The monoisotopic (exact) mass is 241 g/mol.